The highest BCUT2D eigenvalue weighted by Crippen LogP contribution is 2.30. The van der Waals surface area contributed by atoms with E-state index >= 15 is 0 Å². The molecule has 1 N–H and O–H groups in total. The Morgan fingerprint density at radius 1 is 1.19 bits per heavy atom. The highest BCUT2D eigenvalue weighted by Gasteiger charge is 2.46. The lowest BCUT2D eigenvalue weighted by Gasteiger charge is -2.53. The highest BCUT2D eigenvalue weighted by molar-refractivity contribution is 5.97. The third-order valence-corrected chi connectivity index (χ3v) is 4.74. The lowest BCUT2D eigenvalue weighted by molar-refractivity contribution is -0.155. The van der Waals surface area contributed by atoms with E-state index in [4.69, 9.17) is 5.11 Å². The predicted molar refractivity (Wildman–Crippen MR) is 97.4 cm³/mol. The summed E-state index contributed by atoms with van der Waals surface area (Å²) in [5.74, 6) is -0.216. The Morgan fingerprint density at radius 3 is 2.42 bits per heavy atom. The maximum Gasteiger partial charge on any atom is 0.254 e. The molecule has 0 aliphatic carbocycles. The van der Waals surface area contributed by atoms with Crippen molar-refractivity contribution < 1.29 is 14.7 Å². The number of hydrogen-bond acceptors (Lipinski definition) is 4. The van der Waals surface area contributed by atoms with E-state index in [1.807, 2.05) is 18.2 Å². The minimum absolute atomic E-state index is 0.000537. The van der Waals surface area contributed by atoms with Crippen LogP contribution in [-0.2, 0) is 4.79 Å². The lowest BCUT2D eigenvalue weighted by atomic mass is 9.90. The zero-order chi connectivity index (χ0) is 18.5. The van der Waals surface area contributed by atoms with Crippen LogP contribution in [0.1, 0.15) is 22.3 Å². The normalized spacial score (nSPS) is 21.2. The molecule has 1 aromatic carbocycles. The molecule has 6 nitrogen and oxygen atoms in total. The summed E-state index contributed by atoms with van der Waals surface area (Å²) < 4.78 is 0. The summed E-state index contributed by atoms with van der Waals surface area (Å²) in [5, 5.41) is 9.11. The van der Waals surface area contributed by atoms with Gasteiger partial charge in [-0.05, 0) is 25.5 Å². The summed E-state index contributed by atoms with van der Waals surface area (Å²) in [7, 11) is 0. The molecule has 2 amide bonds. The Labute approximate surface area is 153 Å². The first-order valence-corrected chi connectivity index (χ1v) is 8.73. The van der Waals surface area contributed by atoms with Crippen molar-refractivity contribution in [3.05, 3.63) is 66.0 Å². The number of carbonyl (C=O) groups is 2. The number of aliphatic hydroxyl groups is 1. The van der Waals surface area contributed by atoms with Gasteiger partial charge < -0.3 is 14.9 Å². The molecular weight excluding hydrogens is 330 g/mol. The monoisotopic (exact) mass is 353 g/mol. The van der Waals surface area contributed by atoms with Gasteiger partial charge in [0.2, 0.25) is 5.91 Å². The maximum atomic E-state index is 12.3. The average Bonchev–Trinajstić information content (AvgIpc) is 2.64. The number of benzene rings is 1. The number of hydrogen-bond donors (Lipinski definition) is 1. The van der Waals surface area contributed by atoms with Gasteiger partial charge in [0, 0.05) is 24.5 Å². The van der Waals surface area contributed by atoms with E-state index in [2.05, 4.69) is 24.0 Å². The summed E-state index contributed by atoms with van der Waals surface area (Å²) in [6.45, 7) is 2.72. The fourth-order valence-electron chi connectivity index (χ4n) is 3.36. The Hall–Kier alpha value is -2.73. The first kappa shape index (κ1) is 18.1. The second kappa shape index (κ2) is 8.10. The van der Waals surface area contributed by atoms with Gasteiger partial charge in [0.15, 0.2) is 0 Å². The number of nitrogens with zero attached hydrogens (tertiary/aromatic N) is 3. The number of fused-ring (bicyclic) bond motifs is 1. The van der Waals surface area contributed by atoms with Crippen molar-refractivity contribution in [3.8, 4) is 0 Å². The van der Waals surface area contributed by atoms with Crippen LogP contribution in [-0.4, -0.2) is 63.5 Å². The molecule has 0 saturated carbocycles. The molecule has 2 aliphatic heterocycles. The van der Waals surface area contributed by atoms with Gasteiger partial charge in [-0.3, -0.25) is 14.6 Å². The van der Waals surface area contributed by atoms with Crippen LogP contribution in [0.15, 0.2) is 54.9 Å². The average molecular weight is 353 g/mol. The van der Waals surface area contributed by atoms with Gasteiger partial charge >= 0.3 is 0 Å². The molecule has 3 heterocycles. The maximum absolute atomic E-state index is 12.3. The number of rotatable bonds is 2. The fourth-order valence-corrected chi connectivity index (χ4v) is 3.36. The van der Waals surface area contributed by atoms with Gasteiger partial charge in [-0.25, -0.2) is 0 Å². The standard InChI is InChI=1S/C13H15N3O3.C7H8/c17-8-11-5-10-6-15(7-12(18)16(10)11)13(19)9-1-3-14-4-2-9;1-7-5-3-2-4-6-7/h1-4,10-11,17H,5-8H2;2-6H,1H3. The van der Waals surface area contributed by atoms with Crippen molar-refractivity contribution in [2.75, 3.05) is 19.7 Å². The molecule has 2 unspecified atom stereocenters. The fraction of sp³-hybridized carbons (Fsp3) is 0.350. The second-order valence-corrected chi connectivity index (χ2v) is 6.60. The summed E-state index contributed by atoms with van der Waals surface area (Å²) in [5.41, 5.74) is 1.87. The number of aliphatic hydroxyl groups excluding tert-OH is 1. The van der Waals surface area contributed by atoms with Crippen LogP contribution in [0.4, 0.5) is 0 Å². The van der Waals surface area contributed by atoms with E-state index in [1.54, 1.807) is 34.3 Å². The third-order valence-electron chi connectivity index (χ3n) is 4.74. The Kier molecular flexibility index (Phi) is 5.63. The van der Waals surface area contributed by atoms with Crippen molar-refractivity contribution in [1.29, 1.82) is 0 Å². The topological polar surface area (TPSA) is 73.7 Å². The SMILES string of the molecule is Cc1ccccc1.O=C(c1ccncc1)N1CC(=O)N2C(CO)CC2C1. The minimum atomic E-state index is -0.136. The van der Waals surface area contributed by atoms with E-state index < -0.39 is 0 Å². The van der Waals surface area contributed by atoms with Crippen molar-refractivity contribution in [2.45, 2.75) is 25.4 Å². The molecule has 6 heteroatoms. The van der Waals surface area contributed by atoms with E-state index in [1.165, 1.54) is 5.56 Å². The number of pyridine rings is 1. The molecule has 1 aromatic heterocycles. The number of amides is 2. The lowest BCUT2D eigenvalue weighted by Crippen LogP contribution is -2.69. The van der Waals surface area contributed by atoms with Crippen molar-refractivity contribution >= 4 is 11.8 Å². The summed E-state index contributed by atoms with van der Waals surface area (Å²) in [4.78, 5) is 31.4. The van der Waals surface area contributed by atoms with Crippen molar-refractivity contribution in [3.63, 3.8) is 0 Å². The van der Waals surface area contributed by atoms with Crippen LogP contribution >= 0.6 is 0 Å². The first-order valence-electron chi connectivity index (χ1n) is 8.73. The Morgan fingerprint density at radius 2 is 1.88 bits per heavy atom. The molecule has 0 bridgehead atoms. The molecular formula is C20H23N3O3. The predicted octanol–water partition coefficient (Wildman–Crippen LogP) is 1.49. The molecule has 2 atom stereocenters. The van der Waals surface area contributed by atoms with Crippen molar-refractivity contribution in [2.24, 2.45) is 0 Å². The third kappa shape index (κ3) is 3.91. The van der Waals surface area contributed by atoms with Crippen LogP contribution in [0.3, 0.4) is 0 Å². The molecule has 0 spiro atoms. The van der Waals surface area contributed by atoms with Gasteiger partial charge in [-0.1, -0.05) is 35.9 Å². The van der Waals surface area contributed by atoms with Gasteiger partial charge in [0.1, 0.15) is 6.54 Å². The first-order chi connectivity index (χ1) is 12.6. The number of aryl methyl sites for hydroxylation is 1. The molecule has 4 rings (SSSR count). The van der Waals surface area contributed by atoms with Gasteiger partial charge in [-0.2, -0.15) is 0 Å². The summed E-state index contributed by atoms with van der Waals surface area (Å²) in [6.07, 6.45) is 3.90. The van der Waals surface area contributed by atoms with Crippen molar-refractivity contribution in [1.82, 2.24) is 14.8 Å². The zero-order valence-electron chi connectivity index (χ0n) is 14.8. The summed E-state index contributed by atoms with van der Waals surface area (Å²) in [6, 6.07) is 13.6. The summed E-state index contributed by atoms with van der Waals surface area (Å²) >= 11 is 0. The zero-order valence-corrected chi connectivity index (χ0v) is 14.8. The molecule has 136 valence electrons. The number of piperazine rings is 1. The van der Waals surface area contributed by atoms with E-state index in [-0.39, 0.29) is 37.0 Å². The van der Waals surface area contributed by atoms with Crippen LogP contribution in [0.2, 0.25) is 0 Å². The smallest absolute Gasteiger partial charge is 0.254 e. The molecule has 2 fully saturated rings. The molecule has 2 aromatic rings. The Balaban J connectivity index is 0.000000236. The quantitative estimate of drug-likeness (QED) is 0.888. The molecule has 0 radical (unpaired) electrons. The van der Waals surface area contributed by atoms with Crippen LogP contribution in [0.25, 0.3) is 0 Å². The largest absolute Gasteiger partial charge is 0.394 e. The van der Waals surface area contributed by atoms with E-state index in [9.17, 15) is 9.59 Å². The number of aromatic nitrogens is 1. The molecule has 26 heavy (non-hydrogen) atoms. The Bertz CT molecular complexity index is 751. The van der Waals surface area contributed by atoms with Gasteiger partial charge in [0.25, 0.3) is 5.91 Å². The van der Waals surface area contributed by atoms with Gasteiger partial charge in [-0.15, -0.1) is 0 Å². The molecule has 2 saturated heterocycles. The van der Waals surface area contributed by atoms with E-state index in [0.717, 1.165) is 6.42 Å². The number of carbonyl (C=O) groups excluding carboxylic acids is 2. The highest BCUT2D eigenvalue weighted by atomic mass is 16.3. The van der Waals surface area contributed by atoms with Crippen LogP contribution in [0.5, 0.6) is 0 Å². The second-order valence-electron chi connectivity index (χ2n) is 6.60. The van der Waals surface area contributed by atoms with Crippen LogP contribution < -0.4 is 0 Å². The minimum Gasteiger partial charge on any atom is -0.394 e. The van der Waals surface area contributed by atoms with E-state index in [0.29, 0.717) is 12.1 Å². The van der Waals surface area contributed by atoms with Gasteiger partial charge in [0.05, 0.1) is 18.7 Å². The van der Waals surface area contributed by atoms with Crippen LogP contribution in [0, 0.1) is 6.92 Å². The molecule has 2 aliphatic rings.